The molecule has 0 aromatic heterocycles. The van der Waals surface area contributed by atoms with Crippen molar-refractivity contribution in [3.05, 3.63) is 28.3 Å². The third kappa shape index (κ3) is 2.19. The summed E-state index contributed by atoms with van der Waals surface area (Å²) in [5.74, 6) is -0.461. The van der Waals surface area contributed by atoms with E-state index in [0.717, 1.165) is 5.56 Å². The fraction of sp³-hybridized carbons (Fsp3) is 0.222. The number of carboxylic acid groups (broad SMARTS) is 1. The van der Waals surface area contributed by atoms with Crippen LogP contribution in [-0.2, 0) is 5.33 Å². The van der Waals surface area contributed by atoms with Crippen LogP contribution in [-0.4, -0.2) is 18.2 Å². The van der Waals surface area contributed by atoms with Crippen molar-refractivity contribution in [2.45, 2.75) is 5.33 Å². The van der Waals surface area contributed by atoms with Crippen LogP contribution < -0.4 is 4.74 Å². The van der Waals surface area contributed by atoms with Gasteiger partial charge in [0.05, 0.1) is 17.7 Å². The van der Waals surface area contributed by atoms with E-state index in [4.69, 9.17) is 21.4 Å². The highest BCUT2D eigenvalue weighted by Crippen LogP contribution is 2.28. The summed E-state index contributed by atoms with van der Waals surface area (Å²) < 4.78 is 5.04. The molecule has 0 radical (unpaired) electrons. The maximum atomic E-state index is 10.7. The molecule has 0 aliphatic rings. The number of rotatable bonds is 3. The van der Waals surface area contributed by atoms with E-state index in [1.165, 1.54) is 19.2 Å². The Balaban J connectivity index is 3.30. The molecule has 0 aliphatic carbocycles. The van der Waals surface area contributed by atoms with Crippen molar-refractivity contribution in [1.29, 1.82) is 0 Å². The number of carbonyl (C=O) groups is 1. The van der Waals surface area contributed by atoms with Gasteiger partial charge in [0.15, 0.2) is 0 Å². The molecule has 76 valence electrons. The van der Waals surface area contributed by atoms with E-state index in [2.05, 4.69) is 15.9 Å². The third-order valence-corrected chi connectivity index (χ3v) is 2.66. The molecule has 0 amide bonds. The highest BCUT2D eigenvalue weighted by molar-refractivity contribution is 9.08. The van der Waals surface area contributed by atoms with Gasteiger partial charge in [-0.05, 0) is 12.1 Å². The number of halogens is 2. The van der Waals surface area contributed by atoms with Gasteiger partial charge in [0.2, 0.25) is 0 Å². The number of benzene rings is 1. The van der Waals surface area contributed by atoms with Crippen molar-refractivity contribution in [2.24, 2.45) is 0 Å². The van der Waals surface area contributed by atoms with E-state index in [9.17, 15) is 4.79 Å². The standard InChI is InChI=1S/C9H8BrClO3/c1-14-8-3-7(11)6(9(12)13)2-5(8)4-10/h2-3H,4H2,1H3,(H,12,13). The van der Waals surface area contributed by atoms with Gasteiger partial charge in [-0.15, -0.1) is 0 Å². The molecule has 3 nitrogen and oxygen atoms in total. The SMILES string of the molecule is COc1cc(Cl)c(C(=O)O)cc1CBr. The van der Waals surface area contributed by atoms with Crippen molar-refractivity contribution in [2.75, 3.05) is 7.11 Å². The van der Waals surface area contributed by atoms with Crippen LogP contribution in [0.3, 0.4) is 0 Å². The molecule has 5 heteroatoms. The molecule has 0 spiro atoms. The summed E-state index contributed by atoms with van der Waals surface area (Å²) in [6.07, 6.45) is 0. The number of hydrogen-bond donors (Lipinski definition) is 1. The Hall–Kier alpha value is -0.740. The molecular formula is C9H8BrClO3. The molecule has 0 bridgehead atoms. The number of aromatic carboxylic acids is 1. The maximum absolute atomic E-state index is 10.7. The van der Waals surface area contributed by atoms with Crippen LogP contribution in [0.5, 0.6) is 5.75 Å². The van der Waals surface area contributed by atoms with Gasteiger partial charge in [-0.3, -0.25) is 0 Å². The van der Waals surface area contributed by atoms with Crippen molar-refractivity contribution >= 4 is 33.5 Å². The predicted molar refractivity (Wildman–Crippen MR) is 57.6 cm³/mol. The minimum Gasteiger partial charge on any atom is -0.496 e. The highest BCUT2D eigenvalue weighted by atomic mass is 79.9. The Labute approximate surface area is 94.8 Å². The lowest BCUT2D eigenvalue weighted by Gasteiger charge is -2.08. The lowest BCUT2D eigenvalue weighted by molar-refractivity contribution is 0.0697. The smallest absolute Gasteiger partial charge is 0.337 e. The first kappa shape index (κ1) is 11.3. The van der Waals surface area contributed by atoms with Crippen molar-refractivity contribution in [3.63, 3.8) is 0 Å². The average molecular weight is 280 g/mol. The molecule has 0 heterocycles. The Morgan fingerprint density at radius 2 is 2.29 bits per heavy atom. The zero-order chi connectivity index (χ0) is 10.7. The van der Waals surface area contributed by atoms with E-state index in [1.807, 2.05) is 0 Å². The van der Waals surface area contributed by atoms with Crippen LogP contribution in [0, 0.1) is 0 Å². The Morgan fingerprint density at radius 3 is 2.71 bits per heavy atom. The zero-order valence-electron chi connectivity index (χ0n) is 7.38. The summed E-state index contributed by atoms with van der Waals surface area (Å²) >= 11 is 9.00. The van der Waals surface area contributed by atoms with Crippen LogP contribution in [0.15, 0.2) is 12.1 Å². The summed E-state index contributed by atoms with van der Waals surface area (Å²) in [7, 11) is 1.51. The molecule has 1 rings (SSSR count). The van der Waals surface area contributed by atoms with Gasteiger partial charge in [-0.1, -0.05) is 27.5 Å². The highest BCUT2D eigenvalue weighted by Gasteiger charge is 2.13. The van der Waals surface area contributed by atoms with Gasteiger partial charge in [0, 0.05) is 10.9 Å². The second-order valence-corrected chi connectivity index (χ2v) is 3.55. The molecule has 1 aromatic rings. The Morgan fingerprint density at radius 1 is 1.64 bits per heavy atom. The summed E-state index contributed by atoms with van der Waals surface area (Å²) in [5, 5.41) is 9.51. The van der Waals surface area contributed by atoms with E-state index in [0.29, 0.717) is 11.1 Å². The van der Waals surface area contributed by atoms with Gasteiger partial charge in [0.1, 0.15) is 5.75 Å². The van der Waals surface area contributed by atoms with E-state index < -0.39 is 5.97 Å². The van der Waals surface area contributed by atoms with Gasteiger partial charge in [0.25, 0.3) is 0 Å². The molecule has 0 saturated carbocycles. The lowest BCUT2D eigenvalue weighted by atomic mass is 10.1. The molecule has 0 aliphatic heterocycles. The van der Waals surface area contributed by atoms with Crippen molar-refractivity contribution < 1.29 is 14.6 Å². The normalized spacial score (nSPS) is 9.93. The summed E-state index contributed by atoms with van der Waals surface area (Å²) in [6, 6.07) is 3.00. The van der Waals surface area contributed by atoms with Crippen LogP contribution in [0.2, 0.25) is 5.02 Å². The molecule has 1 aromatic carbocycles. The lowest BCUT2D eigenvalue weighted by Crippen LogP contribution is -2.00. The maximum Gasteiger partial charge on any atom is 0.337 e. The summed E-state index contributed by atoms with van der Waals surface area (Å²) in [6.45, 7) is 0. The minimum absolute atomic E-state index is 0.0851. The molecule has 0 unspecified atom stereocenters. The Kier molecular flexibility index (Phi) is 3.77. The second kappa shape index (κ2) is 4.66. The van der Waals surface area contributed by atoms with Crippen LogP contribution in [0.1, 0.15) is 15.9 Å². The Bertz CT molecular complexity index is 365. The minimum atomic E-state index is -1.04. The monoisotopic (exact) mass is 278 g/mol. The average Bonchev–Trinajstić information content (AvgIpc) is 2.16. The molecule has 1 N–H and O–H groups in total. The first-order valence-electron chi connectivity index (χ1n) is 3.75. The fourth-order valence-corrected chi connectivity index (χ4v) is 1.73. The van der Waals surface area contributed by atoms with Crippen molar-refractivity contribution in [1.82, 2.24) is 0 Å². The largest absolute Gasteiger partial charge is 0.496 e. The number of alkyl halides is 1. The third-order valence-electron chi connectivity index (χ3n) is 1.74. The summed E-state index contributed by atoms with van der Waals surface area (Å²) in [5.41, 5.74) is 0.844. The molecular weight excluding hydrogens is 271 g/mol. The number of carboxylic acids is 1. The quantitative estimate of drug-likeness (QED) is 0.865. The first-order chi connectivity index (χ1) is 6.60. The van der Waals surface area contributed by atoms with E-state index in [-0.39, 0.29) is 10.6 Å². The zero-order valence-corrected chi connectivity index (χ0v) is 9.72. The molecule has 14 heavy (non-hydrogen) atoms. The van der Waals surface area contributed by atoms with Gasteiger partial charge >= 0.3 is 5.97 Å². The topological polar surface area (TPSA) is 46.5 Å². The van der Waals surface area contributed by atoms with Gasteiger partial charge in [-0.25, -0.2) is 4.79 Å². The van der Waals surface area contributed by atoms with Crippen LogP contribution >= 0.6 is 27.5 Å². The van der Waals surface area contributed by atoms with E-state index in [1.54, 1.807) is 0 Å². The molecule has 0 saturated heterocycles. The second-order valence-electron chi connectivity index (χ2n) is 2.58. The molecule has 0 atom stereocenters. The van der Waals surface area contributed by atoms with E-state index >= 15 is 0 Å². The van der Waals surface area contributed by atoms with Crippen LogP contribution in [0.25, 0.3) is 0 Å². The fourth-order valence-electron chi connectivity index (χ4n) is 1.06. The van der Waals surface area contributed by atoms with Crippen molar-refractivity contribution in [3.8, 4) is 5.75 Å². The van der Waals surface area contributed by atoms with Crippen LogP contribution in [0.4, 0.5) is 0 Å². The molecule has 0 fully saturated rings. The first-order valence-corrected chi connectivity index (χ1v) is 5.25. The predicted octanol–water partition coefficient (Wildman–Crippen LogP) is 2.94. The summed E-state index contributed by atoms with van der Waals surface area (Å²) in [4.78, 5) is 10.7. The van der Waals surface area contributed by atoms with Gasteiger partial charge in [-0.2, -0.15) is 0 Å². The number of hydrogen-bond acceptors (Lipinski definition) is 2. The number of methoxy groups -OCH3 is 1. The number of ether oxygens (including phenoxy) is 1. The van der Waals surface area contributed by atoms with Gasteiger partial charge < -0.3 is 9.84 Å².